The lowest BCUT2D eigenvalue weighted by Crippen LogP contribution is -2.20. The first-order chi connectivity index (χ1) is 15.2. The van der Waals surface area contributed by atoms with Crippen molar-refractivity contribution in [1.82, 2.24) is 4.57 Å². The summed E-state index contributed by atoms with van der Waals surface area (Å²) in [5, 5.41) is 9.39. The van der Waals surface area contributed by atoms with Gasteiger partial charge in [0.1, 0.15) is 11.4 Å². The molecule has 0 spiro atoms. The normalized spacial score (nSPS) is 11.8. The van der Waals surface area contributed by atoms with E-state index in [9.17, 15) is 19.1 Å². The van der Waals surface area contributed by atoms with Crippen molar-refractivity contribution in [3.05, 3.63) is 111 Å². The van der Waals surface area contributed by atoms with E-state index in [-0.39, 0.29) is 11.4 Å². The van der Waals surface area contributed by atoms with Crippen molar-refractivity contribution < 1.29 is 14.3 Å². The van der Waals surface area contributed by atoms with Crippen molar-refractivity contribution in [3.8, 4) is 0 Å². The van der Waals surface area contributed by atoms with Gasteiger partial charge in [-0.2, -0.15) is 0 Å². The number of hydrogen-bond acceptors (Lipinski definition) is 2. The van der Waals surface area contributed by atoms with Crippen LogP contribution in [0.15, 0.2) is 72.2 Å². The van der Waals surface area contributed by atoms with E-state index in [0.29, 0.717) is 34.5 Å². The zero-order chi connectivity index (χ0) is 23.4. The average Bonchev–Trinajstić information content (AvgIpc) is 2.74. The van der Waals surface area contributed by atoms with Crippen LogP contribution in [0.4, 0.5) is 4.39 Å². The second kappa shape index (κ2) is 9.60. The van der Waals surface area contributed by atoms with Crippen LogP contribution in [0, 0.1) is 12.7 Å². The third-order valence-electron chi connectivity index (χ3n) is 5.36. The van der Waals surface area contributed by atoms with Gasteiger partial charge in [0.2, 0.25) is 0 Å². The number of hydrogen-bond donors (Lipinski definition) is 1. The molecule has 0 aliphatic rings. The summed E-state index contributed by atoms with van der Waals surface area (Å²) in [5.74, 6) is -1.64. The average molecular weight is 432 g/mol. The summed E-state index contributed by atoms with van der Waals surface area (Å²) in [5.41, 5.74) is 4.41. The smallest absolute Gasteiger partial charge is 0.341 e. The highest BCUT2D eigenvalue weighted by atomic mass is 19.1. The molecule has 164 valence electrons. The molecule has 0 atom stereocenters. The molecule has 0 radical (unpaired) electrons. The molecule has 0 amide bonds. The van der Waals surface area contributed by atoms with Crippen molar-refractivity contribution in [2.45, 2.75) is 33.7 Å². The van der Waals surface area contributed by atoms with Crippen LogP contribution in [0.5, 0.6) is 0 Å². The summed E-state index contributed by atoms with van der Waals surface area (Å²) >= 11 is 0. The maximum absolute atomic E-state index is 14.2. The zero-order valence-electron chi connectivity index (χ0n) is 18.5. The summed E-state index contributed by atoms with van der Waals surface area (Å²) in [4.78, 5) is 24.0. The number of benzene rings is 2. The fraction of sp³-hybridized carbons (Fsp3) is 0.185. The molecule has 0 aliphatic carbocycles. The summed E-state index contributed by atoms with van der Waals surface area (Å²) in [6, 6.07) is 15.5. The first-order valence-electron chi connectivity index (χ1n) is 10.4. The molecule has 0 unspecified atom stereocenters. The van der Waals surface area contributed by atoms with Gasteiger partial charge < -0.3 is 9.67 Å². The zero-order valence-corrected chi connectivity index (χ0v) is 18.5. The number of allylic oxidation sites excluding steroid dienone is 3. The van der Waals surface area contributed by atoms with Gasteiger partial charge in [0, 0.05) is 24.5 Å². The summed E-state index contributed by atoms with van der Waals surface area (Å²) in [6.07, 6.45) is 2.13. The van der Waals surface area contributed by atoms with Crippen LogP contribution in [0.3, 0.4) is 0 Å². The van der Waals surface area contributed by atoms with E-state index < -0.39 is 11.4 Å². The lowest BCUT2D eigenvalue weighted by atomic mass is 9.88. The highest BCUT2D eigenvalue weighted by molar-refractivity contribution is 6.13. The molecule has 1 N–H and O–H groups in total. The van der Waals surface area contributed by atoms with Gasteiger partial charge in [-0.1, -0.05) is 55.5 Å². The van der Waals surface area contributed by atoms with Crippen molar-refractivity contribution >= 4 is 22.7 Å². The fourth-order valence-electron chi connectivity index (χ4n) is 3.85. The van der Waals surface area contributed by atoms with Gasteiger partial charge in [-0.05, 0) is 60.2 Å². The number of rotatable bonds is 7. The molecule has 0 aliphatic heterocycles. The number of carboxylic acids is 1. The third kappa shape index (κ3) is 4.78. The predicted molar refractivity (Wildman–Crippen MR) is 127 cm³/mol. The van der Waals surface area contributed by atoms with E-state index >= 15 is 0 Å². The molecule has 2 aromatic carbocycles. The van der Waals surface area contributed by atoms with Crippen molar-refractivity contribution in [3.63, 3.8) is 0 Å². The lowest BCUT2D eigenvalue weighted by molar-refractivity contribution is 0.0694. The Labute approximate surface area is 187 Å². The lowest BCUT2D eigenvalue weighted by Gasteiger charge is -2.20. The summed E-state index contributed by atoms with van der Waals surface area (Å²) in [6.45, 7) is 10.6. The molecular formula is C27H26FNO3. The maximum atomic E-state index is 14.2. The number of pyridine rings is 1. The summed E-state index contributed by atoms with van der Waals surface area (Å²) in [7, 11) is 0. The Kier molecular flexibility index (Phi) is 6.89. The molecule has 0 saturated heterocycles. The van der Waals surface area contributed by atoms with Gasteiger partial charge in [0.25, 0.3) is 0 Å². The van der Waals surface area contributed by atoms with E-state index in [4.69, 9.17) is 0 Å². The number of carbonyl (C=O) groups is 1. The van der Waals surface area contributed by atoms with Crippen LogP contribution in [0.25, 0.3) is 16.7 Å². The van der Waals surface area contributed by atoms with E-state index in [2.05, 4.69) is 6.58 Å². The Hall–Kier alpha value is -3.73. The number of aryl methyl sites for hydroxylation is 2. The summed E-state index contributed by atoms with van der Waals surface area (Å²) < 4.78 is 15.9. The first-order valence-corrected chi connectivity index (χ1v) is 10.4. The Morgan fingerprint density at radius 2 is 1.78 bits per heavy atom. The predicted octanol–water partition coefficient (Wildman–Crippen LogP) is 6.05. The van der Waals surface area contributed by atoms with Gasteiger partial charge in [-0.15, -0.1) is 0 Å². The minimum absolute atomic E-state index is 0.278. The van der Waals surface area contributed by atoms with E-state index in [1.165, 1.54) is 24.4 Å². The minimum atomic E-state index is -1.26. The molecule has 0 bridgehead atoms. The number of halogens is 1. The van der Waals surface area contributed by atoms with Crippen molar-refractivity contribution in [2.24, 2.45) is 0 Å². The third-order valence-corrected chi connectivity index (χ3v) is 5.36. The maximum Gasteiger partial charge on any atom is 0.341 e. The highest BCUT2D eigenvalue weighted by Crippen LogP contribution is 2.36. The van der Waals surface area contributed by atoms with Crippen molar-refractivity contribution in [2.75, 3.05) is 0 Å². The molecule has 1 heterocycles. The molecule has 1 aromatic heterocycles. The van der Waals surface area contributed by atoms with Crippen LogP contribution >= 0.6 is 0 Å². The van der Waals surface area contributed by atoms with Gasteiger partial charge in [-0.25, -0.2) is 9.18 Å². The van der Waals surface area contributed by atoms with Crippen LogP contribution < -0.4 is 5.43 Å². The van der Waals surface area contributed by atoms with Gasteiger partial charge >= 0.3 is 5.97 Å². The Morgan fingerprint density at radius 3 is 2.41 bits per heavy atom. The second-order valence-electron chi connectivity index (χ2n) is 7.79. The first kappa shape index (κ1) is 22.9. The topological polar surface area (TPSA) is 59.3 Å². The largest absolute Gasteiger partial charge is 0.477 e. The number of nitrogens with zero attached hydrogens (tertiary/aromatic N) is 1. The molecule has 5 heteroatoms. The van der Waals surface area contributed by atoms with E-state index in [0.717, 1.165) is 17.5 Å². The molecule has 32 heavy (non-hydrogen) atoms. The van der Waals surface area contributed by atoms with Gasteiger partial charge in [0.15, 0.2) is 5.43 Å². The molecule has 3 aromatic rings. The van der Waals surface area contributed by atoms with E-state index in [1.54, 1.807) is 16.7 Å². The number of aromatic carboxylic acids is 1. The Balaban J connectivity index is 2.33. The molecule has 0 fully saturated rings. The number of aromatic nitrogens is 1. The van der Waals surface area contributed by atoms with Crippen LogP contribution in [0.2, 0.25) is 0 Å². The fourth-order valence-corrected chi connectivity index (χ4v) is 3.85. The monoisotopic (exact) mass is 431 g/mol. The van der Waals surface area contributed by atoms with Gasteiger partial charge in [-0.3, -0.25) is 4.79 Å². The molecule has 4 nitrogen and oxygen atoms in total. The van der Waals surface area contributed by atoms with Gasteiger partial charge in [0.05, 0.1) is 0 Å². The molecular weight excluding hydrogens is 405 g/mol. The Bertz CT molecular complexity index is 1280. The van der Waals surface area contributed by atoms with Crippen LogP contribution in [-0.2, 0) is 6.54 Å². The van der Waals surface area contributed by atoms with Crippen LogP contribution in [0.1, 0.15) is 53.0 Å². The number of carboxylic acid groups (broad SMARTS) is 1. The SMILES string of the molecule is C=C(/C(=C(\C)c1cc(=O)c(C(=O)O)cn1CCC)c1cccc(F)c1)c1cccc(C)c1. The van der Waals surface area contributed by atoms with Crippen molar-refractivity contribution in [1.29, 1.82) is 0 Å². The Morgan fingerprint density at radius 1 is 1.09 bits per heavy atom. The standard InChI is InChI=1S/C27H26FNO3/c1-5-12-29-16-23(27(31)32)25(30)15-24(29)19(4)26(21-10-7-11-22(28)14-21)18(3)20-9-6-8-17(2)13-20/h6-11,13-16H,3,5,12H2,1-2,4H3,(H,31,32)/b26-19-. The molecule has 3 rings (SSSR count). The van der Waals surface area contributed by atoms with Crippen LogP contribution in [-0.4, -0.2) is 15.6 Å². The second-order valence-corrected chi connectivity index (χ2v) is 7.79. The minimum Gasteiger partial charge on any atom is -0.477 e. The highest BCUT2D eigenvalue weighted by Gasteiger charge is 2.19. The van der Waals surface area contributed by atoms with E-state index in [1.807, 2.05) is 45.0 Å². The molecule has 0 saturated carbocycles. The quantitative estimate of drug-likeness (QED) is 0.464.